The number of nitrogens with zero attached hydrogens (tertiary/aromatic N) is 1. The third-order valence-electron chi connectivity index (χ3n) is 3.93. The lowest BCUT2D eigenvalue weighted by Gasteiger charge is -2.16. The fraction of sp³-hybridized carbons (Fsp3) is 0.933. The van der Waals surface area contributed by atoms with E-state index in [1.165, 1.54) is 51.4 Å². The molecule has 0 aromatic rings. The van der Waals surface area contributed by atoms with Crippen molar-refractivity contribution in [3.63, 3.8) is 0 Å². The van der Waals surface area contributed by atoms with Crippen LogP contribution >= 0.6 is 0 Å². The van der Waals surface area contributed by atoms with Crippen molar-refractivity contribution in [3.8, 4) is 0 Å². The lowest BCUT2D eigenvalue weighted by Crippen LogP contribution is -2.36. The number of hydrogen-bond donors (Lipinski definition) is 1. The number of rotatable bonds is 10. The zero-order valence-electron chi connectivity index (χ0n) is 12.2. The third kappa shape index (κ3) is 5.38. The molecule has 1 atom stereocenters. The first kappa shape index (κ1) is 15.5. The van der Waals surface area contributed by atoms with Gasteiger partial charge in [0.15, 0.2) is 0 Å². The summed E-state index contributed by atoms with van der Waals surface area (Å²) in [5.74, 6) is 0.306. The second kappa shape index (κ2) is 9.37. The maximum atomic E-state index is 11.8. The van der Waals surface area contributed by atoms with E-state index in [-0.39, 0.29) is 6.04 Å². The first-order chi connectivity index (χ1) is 8.79. The Labute approximate surface area is 112 Å². The molecule has 1 aliphatic rings. The van der Waals surface area contributed by atoms with Crippen LogP contribution in [-0.4, -0.2) is 37.0 Å². The number of carbonyl (C=O) groups is 1. The molecular weight excluding hydrogens is 224 g/mol. The number of likely N-dealkylation sites (tertiary alicyclic amines) is 1. The number of carbonyl (C=O) groups excluding carboxylic acids is 1. The van der Waals surface area contributed by atoms with E-state index >= 15 is 0 Å². The lowest BCUT2D eigenvalue weighted by molar-refractivity contribution is -0.129. The highest BCUT2D eigenvalue weighted by molar-refractivity contribution is 5.83. The summed E-state index contributed by atoms with van der Waals surface area (Å²) in [5.41, 5.74) is 0. The van der Waals surface area contributed by atoms with Crippen LogP contribution in [0.2, 0.25) is 0 Å². The average Bonchev–Trinajstić information content (AvgIpc) is 2.73. The van der Waals surface area contributed by atoms with Crippen molar-refractivity contribution in [1.82, 2.24) is 10.2 Å². The quantitative estimate of drug-likeness (QED) is 0.608. The van der Waals surface area contributed by atoms with Crippen LogP contribution in [0, 0.1) is 0 Å². The summed E-state index contributed by atoms with van der Waals surface area (Å²) in [7, 11) is 1.88. The molecule has 106 valence electrons. The minimum absolute atomic E-state index is 0.0824. The van der Waals surface area contributed by atoms with E-state index < -0.39 is 0 Å². The smallest absolute Gasteiger partial charge is 0.239 e. The van der Waals surface area contributed by atoms with E-state index in [9.17, 15) is 4.79 Å². The first-order valence-corrected chi connectivity index (χ1v) is 7.75. The Hall–Kier alpha value is -0.570. The number of likely N-dealkylation sites (N-methyl/N-ethyl adjacent to an activating group) is 1. The SMILES string of the molecule is CCCCCCCCCCN1CCC(NC)C1=O. The van der Waals surface area contributed by atoms with Gasteiger partial charge in [-0.25, -0.2) is 0 Å². The van der Waals surface area contributed by atoms with E-state index in [0.29, 0.717) is 5.91 Å². The van der Waals surface area contributed by atoms with Crippen molar-refractivity contribution in [2.45, 2.75) is 70.8 Å². The van der Waals surface area contributed by atoms with Crippen molar-refractivity contribution in [2.75, 3.05) is 20.1 Å². The van der Waals surface area contributed by atoms with Gasteiger partial charge in [0.1, 0.15) is 0 Å². The molecule has 3 nitrogen and oxygen atoms in total. The largest absolute Gasteiger partial charge is 0.341 e. The summed E-state index contributed by atoms with van der Waals surface area (Å²) in [6.07, 6.45) is 11.6. The number of unbranched alkanes of at least 4 members (excludes halogenated alkanes) is 7. The Morgan fingerprint density at radius 2 is 1.72 bits per heavy atom. The molecule has 1 saturated heterocycles. The van der Waals surface area contributed by atoms with E-state index in [2.05, 4.69) is 12.2 Å². The normalized spacial score (nSPS) is 19.8. The fourth-order valence-electron chi connectivity index (χ4n) is 2.67. The van der Waals surface area contributed by atoms with E-state index in [0.717, 1.165) is 19.5 Å². The molecule has 0 bridgehead atoms. The monoisotopic (exact) mass is 254 g/mol. The molecule has 3 heteroatoms. The third-order valence-corrected chi connectivity index (χ3v) is 3.93. The van der Waals surface area contributed by atoms with Gasteiger partial charge in [-0.1, -0.05) is 51.9 Å². The molecule has 1 unspecified atom stereocenters. The maximum absolute atomic E-state index is 11.8. The van der Waals surface area contributed by atoms with Gasteiger partial charge in [-0.3, -0.25) is 4.79 Å². The Morgan fingerprint density at radius 1 is 1.11 bits per heavy atom. The van der Waals surface area contributed by atoms with Gasteiger partial charge in [-0.15, -0.1) is 0 Å². The molecule has 1 amide bonds. The van der Waals surface area contributed by atoms with Gasteiger partial charge in [-0.05, 0) is 19.9 Å². The van der Waals surface area contributed by atoms with Crippen LogP contribution in [0.1, 0.15) is 64.7 Å². The number of hydrogen-bond acceptors (Lipinski definition) is 2. The highest BCUT2D eigenvalue weighted by Gasteiger charge is 2.29. The van der Waals surface area contributed by atoms with Gasteiger partial charge in [0.05, 0.1) is 6.04 Å². The van der Waals surface area contributed by atoms with Gasteiger partial charge < -0.3 is 10.2 Å². The van der Waals surface area contributed by atoms with Crippen LogP contribution in [0.15, 0.2) is 0 Å². The van der Waals surface area contributed by atoms with Crippen molar-refractivity contribution in [3.05, 3.63) is 0 Å². The molecule has 0 saturated carbocycles. The average molecular weight is 254 g/mol. The molecule has 0 aliphatic carbocycles. The molecule has 0 aromatic heterocycles. The minimum Gasteiger partial charge on any atom is -0.341 e. The molecule has 1 fully saturated rings. The second-order valence-electron chi connectivity index (χ2n) is 5.43. The lowest BCUT2D eigenvalue weighted by atomic mass is 10.1. The van der Waals surface area contributed by atoms with Gasteiger partial charge in [0, 0.05) is 13.1 Å². The molecule has 1 rings (SSSR count). The number of amides is 1. The van der Waals surface area contributed by atoms with E-state index in [4.69, 9.17) is 0 Å². The van der Waals surface area contributed by atoms with Crippen LogP contribution in [0.25, 0.3) is 0 Å². The van der Waals surface area contributed by atoms with Crippen molar-refractivity contribution < 1.29 is 4.79 Å². The van der Waals surface area contributed by atoms with Gasteiger partial charge >= 0.3 is 0 Å². The summed E-state index contributed by atoms with van der Waals surface area (Å²) in [6.45, 7) is 4.16. The van der Waals surface area contributed by atoms with Crippen molar-refractivity contribution >= 4 is 5.91 Å². The van der Waals surface area contributed by atoms with Crippen LogP contribution in [-0.2, 0) is 4.79 Å². The molecule has 0 radical (unpaired) electrons. The van der Waals surface area contributed by atoms with E-state index in [1.54, 1.807) is 0 Å². The second-order valence-corrected chi connectivity index (χ2v) is 5.43. The predicted octanol–water partition coefficient (Wildman–Crippen LogP) is 2.95. The maximum Gasteiger partial charge on any atom is 0.239 e. The zero-order valence-corrected chi connectivity index (χ0v) is 12.2. The van der Waals surface area contributed by atoms with Gasteiger partial charge in [-0.2, -0.15) is 0 Å². The van der Waals surface area contributed by atoms with Crippen molar-refractivity contribution in [1.29, 1.82) is 0 Å². The molecular formula is C15H30N2O. The van der Waals surface area contributed by atoms with Gasteiger partial charge in [0.2, 0.25) is 5.91 Å². The van der Waals surface area contributed by atoms with Crippen LogP contribution in [0.5, 0.6) is 0 Å². The Bertz CT molecular complexity index is 231. The van der Waals surface area contributed by atoms with Crippen molar-refractivity contribution in [2.24, 2.45) is 0 Å². The highest BCUT2D eigenvalue weighted by atomic mass is 16.2. The number of nitrogens with one attached hydrogen (secondary N) is 1. The molecule has 0 spiro atoms. The van der Waals surface area contributed by atoms with Crippen LogP contribution in [0.4, 0.5) is 0 Å². The van der Waals surface area contributed by atoms with E-state index in [1.807, 2.05) is 11.9 Å². The van der Waals surface area contributed by atoms with Crippen LogP contribution in [0.3, 0.4) is 0 Å². The first-order valence-electron chi connectivity index (χ1n) is 7.75. The summed E-state index contributed by atoms with van der Waals surface area (Å²) >= 11 is 0. The molecule has 1 heterocycles. The van der Waals surface area contributed by atoms with Crippen LogP contribution < -0.4 is 5.32 Å². The summed E-state index contributed by atoms with van der Waals surface area (Å²) in [6, 6.07) is 0.0824. The Morgan fingerprint density at radius 3 is 2.28 bits per heavy atom. The summed E-state index contributed by atoms with van der Waals surface area (Å²) in [5, 5.41) is 3.08. The topological polar surface area (TPSA) is 32.3 Å². The molecule has 1 N–H and O–H groups in total. The molecule has 18 heavy (non-hydrogen) atoms. The van der Waals surface area contributed by atoms with Gasteiger partial charge in [0.25, 0.3) is 0 Å². The minimum atomic E-state index is 0.0824. The molecule has 0 aromatic carbocycles. The standard InChI is InChI=1S/C15H30N2O/c1-3-4-5-6-7-8-9-10-12-17-13-11-14(16-2)15(17)18/h14,16H,3-13H2,1-2H3. The Balaban J connectivity index is 1.94. The zero-order chi connectivity index (χ0) is 13.2. The fourth-order valence-corrected chi connectivity index (χ4v) is 2.67. The predicted molar refractivity (Wildman–Crippen MR) is 76.7 cm³/mol. The summed E-state index contributed by atoms with van der Waals surface area (Å²) < 4.78 is 0. The molecule has 1 aliphatic heterocycles. The Kier molecular flexibility index (Phi) is 8.06. The summed E-state index contributed by atoms with van der Waals surface area (Å²) in [4.78, 5) is 13.9. The highest BCUT2D eigenvalue weighted by Crippen LogP contribution is 2.13.